The van der Waals surface area contributed by atoms with Gasteiger partial charge in [-0.2, -0.15) is 5.10 Å². The zero-order chi connectivity index (χ0) is 17.2. The molecule has 25 heavy (non-hydrogen) atoms. The summed E-state index contributed by atoms with van der Waals surface area (Å²) in [4.78, 5) is 26.5. The molecule has 2 aliphatic rings. The Morgan fingerprint density at radius 2 is 1.96 bits per heavy atom. The number of piperidine rings is 1. The van der Waals surface area contributed by atoms with Crippen LogP contribution in [-0.4, -0.2) is 43.5 Å². The van der Waals surface area contributed by atoms with Gasteiger partial charge in [-0.15, -0.1) is 5.10 Å². The van der Waals surface area contributed by atoms with E-state index in [0.29, 0.717) is 24.2 Å². The number of hydrogen-bond acceptors (Lipinski definition) is 4. The highest BCUT2D eigenvalue weighted by atomic mass is 16.2. The van der Waals surface area contributed by atoms with Gasteiger partial charge in [-0.05, 0) is 43.7 Å². The van der Waals surface area contributed by atoms with Crippen LogP contribution in [-0.2, 0) is 11.3 Å². The highest BCUT2D eigenvalue weighted by molar-refractivity contribution is 5.79. The molecule has 0 unspecified atom stereocenters. The van der Waals surface area contributed by atoms with Gasteiger partial charge in [-0.3, -0.25) is 9.59 Å². The predicted molar refractivity (Wildman–Crippen MR) is 92.3 cm³/mol. The number of carbonyl (C=O) groups is 1. The second-order valence-corrected chi connectivity index (χ2v) is 7.06. The van der Waals surface area contributed by atoms with E-state index < -0.39 is 0 Å². The van der Waals surface area contributed by atoms with Crippen molar-refractivity contribution in [2.45, 2.75) is 38.6 Å². The molecule has 0 bridgehead atoms. The van der Waals surface area contributed by atoms with Crippen molar-refractivity contribution in [1.29, 1.82) is 0 Å². The van der Waals surface area contributed by atoms with E-state index in [9.17, 15) is 9.59 Å². The fourth-order valence-corrected chi connectivity index (χ4v) is 3.59. The van der Waals surface area contributed by atoms with Crippen LogP contribution in [0.4, 0.5) is 0 Å². The Morgan fingerprint density at radius 3 is 2.60 bits per heavy atom. The molecule has 7 heteroatoms. The summed E-state index contributed by atoms with van der Waals surface area (Å²) in [6, 6.07) is 5.05. The van der Waals surface area contributed by atoms with Crippen LogP contribution < -0.4 is 5.56 Å². The van der Waals surface area contributed by atoms with Crippen molar-refractivity contribution < 1.29 is 4.79 Å². The minimum atomic E-state index is -0.0936. The first-order chi connectivity index (χ1) is 12.2. The summed E-state index contributed by atoms with van der Waals surface area (Å²) in [5.74, 6) is 1.62. The van der Waals surface area contributed by atoms with Crippen LogP contribution in [0.1, 0.15) is 32.1 Å². The van der Waals surface area contributed by atoms with Gasteiger partial charge in [-0.1, -0.05) is 6.42 Å². The molecule has 0 aromatic carbocycles. The summed E-state index contributed by atoms with van der Waals surface area (Å²) in [5.41, 5.74) is -0.0936. The van der Waals surface area contributed by atoms with Crippen LogP contribution in [0.3, 0.4) is 0 Å². The second kappa shape index (κ2) is 6.82. The minimum absolute atomic E-state index is 0.0936. The maximum atomic E-state index is 12.3. The molecule has 1 amide bonds. The predicted octanol–water partition coefficient (Wildman–Crippen LogP) is 1.47. The summed E-state index contributed by atoms with van der Waals surface area (Å²) in [6.07, 6.45) is 8.65. The largest absolute Gasteiger partial charge is 0.342 e. The van der Waals surface area contributed by atoms with Crippen LogP contribution in [0.15, 0.2) is 35.4 Å². The molecule has 7 nitrogen and oxygen atoms in total. The van der Waals surface area contributed by atoms with Crippen LogP contribution in [0.2, 0.25) is 0 Å². The molecule has 1 saturated carbocycles. The van der Waals surface area contributed by atoms with Gasteiger partial charge in [-0.25, -0.2) is 9.36 Å². The standard InChI is InChI=1S/C18H23N5O2/c24-17-6-5-16(22-10-2-9-19-22)20-23(17)13-14-7-11-21(12-8-14)18(25)15-3-1-4-15/h2,5-6,9-10,14-15H,1,3-4,7-8,11-13H2. The van der Waals surface area contributed by atoms with Crippen molar-refractivity contribution in [3.8, 4) is 5.82 Å². The van der Waals surface area contributed by atoms with Gasteiger partial charge >= 0.3 is 0 Å². The molecule has 0 radical (unpaired) electrons. The Labute approximate surface area is 146 Å². The molecule has 1 aliphatic heterocycles. The van der Waals surface area contributed by atoms with Crippen molar-refractivity contribution in [3.05, 3.63) is 40.9 Å². The van der Waals surface area contributed by atoms with Gasteiger partial charge in [0, 0.05) is 44.0 Å². The minimum Gasteiger partial charge on any atom is -0.342 e. The van der Waals surface area contributed by atoms with Crippen molar-refractivity contribution in [2.75, 3.05) is 13.1 Å². The molecular weight excluding hydrogens is 318 g/mol. The molecule has 132 valence electrons. The number of aromatic nitrogens is 4. The molecule has 4 rings (SSSR count). The average Bonchev–Trinajstić information content (AvgIpc) is 3.10. The number of rotatable bonds is 4. The van der Waals surface area contributed by atoms with Gasteiger partial charge in [0.15, 0.2) is 5.82 Å². The lowest BCUT2D eigenvalue weighted by Gasteiger charge is -2.36. The molecule has 0 spiro atoms. The molecule has 3 heterocycles. The fourth-order valence-electron chi connectivity index (χ4n) is 3.59. The summed E-state index contributed by atoms with van der Waals surface area (Å²) in [7, 11) is 0. The third-order valence-corrected chi connectivity index (χ3v) is 5.40. The van der Waals surface area contributed by atoms with E-state index in [1.54, 1.807) is 23.0 Å². The molecular formula is C18H23N5O2. The Morgan fingerprint density at radius 1 is 1.16 bits per heavy atom. The van der Waals surface area contributed by atoms with E-state index in [1.807, 2.05) is 17.2 Å². The van der Waals surface area contributed by atoms with Gasteiger partial charge in [0.1, 0.15) is 0 Å². The number of hydrogen-bond donors (Lipinski definition) is 0. The van der Waals surface area contributed by atoms with Gasteiger partial charge in [0.25, 0.3) is 5.56 Å². The Kier molecular flexibility index (Phi) is 4.38. The van der Waals surface area contributed by atoms with Crippen molar-refractivity contribution in [1.82, 2.24) is 24.5 Å². The Balaban J connectivity index is 1.39. The molecule has 1 saturated heterocycles. The first-order valence-electron chi connectivity index (χ1n) is 9.08. The topological polar surface area (TPSA) is 73.0 Å². The van der Waals surface area contributed by atoms with Crippen LogP contribution in [0.25, 0.3) is 5.82 Å². The van der Waals surface area contributed by atoms with Crippen molar-refractivity contribution in [3.63, 3.8) is 0 Å². The first-order valence-corrected chi connectivity index (χ1v) is 9.08. The van der Waals surface area contributed by atoms with E-state index in [2.05, 4.69) is 10.2 Å². The quantitative estimate of drug-likeness (QED) is 0.844. The summed E-state index contributed by atoms with van der Waals surface area (Å²) < 4.78 is 3.18. The van der Waals surface area contributed by atoms with Crippen LogP contribution in [0, 0.1) is 11.8 Å². The van der Waals surface area contributed by atoms with E-state index in [1.165, 1.54) is 11.1 Å². The fraction of sp³-hybridized carbons (Fsp3) is 0.556. The number of carbonyl (C=O) groups excluding carboxylic acids is 1. The maximum absolute atomic E-state index is 12.3. The maximum Gasteiger partial charge on any atom is 0.266 e. The third kappa shape index (κ3) is 3.36. The molecule has 0 atom stereocenters. The zero-order valence-corrected chi connectivity index (χ0v) is 14.3. The lowest BCUT2D eigenvalue weighted by molar-refractivity contribution is -0.139. The summed E-state index contributed by atoms with van der Waals surface area (Å²) in [6.45, 7) is 2.20. The van der Waals surface area contributed by atoms with Gasteiger partial charge in [0.2, 0.25) is 5.91 Å². The molecule has 2 fully saturated rings. The molecule has 1 aliphatic carbocycles. The molecule has 0 N–H and O–H groups in total. The highest BCUT2D eigenvalue weighted by Crippen LogP contribution is 2.30. The highest BCUT2D eigenvalue weighted by Gasteiger charge is 2.31. The molecule has 2 aromatic rings. The van der Waals surface area contributed by atoms with Gasteiger partial charge < -0.3 is 4.90 Å². The normalized spacial score (nSPS) is 19.0. The molecule has 2 aromatic heterocycles. The zero-order valence-electron chi connectivity index (χ0n) is 14.3. The average molecular weight is 341 g/mol. The Bertz CT molecular complexity index is 786. The SMILES string of the molecule is O=C(C1CCC1)N1CCC(Cn2nc(-n3cccn3)ccc2=O)CC1. The van der Waals surface area contributed by atoms with Gasteiger partial charge in [0.05, 0.1) is 0 Å². The summed E-state index contributed by atoms with van der Waals surface area (Å²) >= 11 is 0. The van der Waals surface area contributed by atoms with Crippen LogP contribution >= 0.6 is 0 Å². The Hall–Kier alpha value is -2.44. The van der Waals surface area contributed by atoms with E-state index in [0.717, 1.165) is 38.8 Å². The number of amides is 1. The van der Waals surface area contributed by atoms with E-state index in [-0.39, 0.29) is 11.5 Å². The van der Waals surface area contributed by atoms with E-state index in [4.69, 9.17) is 0 Å². The third-order valence-electron chi connectivity index (χ3n) is 5.40. The van der Waals surface area contributed by atoms with Crippen molar-refractivity contribution in [2.24, 2.45) is 11.8 Å². The number of nitrogens with zero attached hydrogens (tertiary/aromatic N) is 5. The lowest BCUT2D eigenvalue weighted by Crippen LogP contribution is -2.44. The summed E-state index contributed by atoms with van der Waals surface area (Å²) in [5, 5.41) is 8.60. The number of likely N-dealkylation sites (tertiary alicyclic amines) is 1. The van der Waals surface area contributed by atoms with Crippen molar-refractivity contribution >= 4 is 5.91 Å². The van der Waals surface area contributed by atoms with E-state index >= 15 is 0 Å². The second-order valence-electron chi connectivity index (χ2n) is 7.06. The first kappa shape index (κ1) is 16.1. The lowest BCUT2D eigenvalue weighted by atomic mass is 9.83. The smallest absolute Gasteiger partial charge is 0.266 e. The van der Waals surface area contributed by atoms with Crippen LogP contribution in [0.5, 0.6) is 0 Å². The monoisotopic (exact) mass is 341 g/mol.